The van der Waals surface area contributed by atoms with Gasteiger partial charge in [0.2, 0.25) is 5.88 Å². The molecule has 0 spiro atoms. The second kappa shape index (κ2) is 6.59. The van der Waals surface area contributed by atoms with Crippen LogP contribution < -0.4 is 10.0 Å². The summed E-state index contributed by atoms with van der Waals surface area (Å²) >= 11 is 6.38. The highest BCUT2D eigenvalue weighted by molar-refractivity contribution is 7.97. The smallest absolute Gasteiger partial charge is 0.265 e. The van der Waals surface area contributed by atoms with Gasteiger partial charge in [-0.05, 0) is 30.7 Å². The first-order valence-corrected chi connectivity index (χ1v) is 10.4. The summed E-state index contributed by atoms with van der Waals surface area (Å²) in [5.74, 6) is -0.933. The highest BCUT2D eigenvalue weighted by atomic mass is 35.5. The third kappa shape index (κ3) is 2.49. The van der Waals surface area contributed by atoms with Gasteiger partial charge in [-0.25, -0.2) is 8.42 Å². The first kappa shape index (κ1) is 18.4. The highest BCUT2D eigenvalue weighted by Gasteiger charge is 2.47. The van der Waals surface area contributed by atoms with E-state index in [1.165, 1.54) is 4.31 Å². The van der Waals surface area contributed by atoms with Crippen LogP contribution in [-0.4, -0.2) is 15.0 Å². The zero-order valence-electron chi connectivity index (χ0n) is 14.9. The van der Waals surface area contributed by atoms with E-state index in [1.807, 2.05) is 6.07 Å². The van der Waals surface area contributed by atoms with Crippen molar-refractivity contribution in [2.75, 3.05) is 10.8 Å². The first-order chi connectivity index (χ1) is 13.4. The summed E-state index contributed by atoms with van der Waals surface area (Å²) in [5.41, 5.74) is 7.65. The van der Waals surface area contributed by atoms with Crippen LogP contribution in [0.4, 0.5) is 5.69 Å². The Kier molecular flexibility index (Phi) is 4.33. The maximum Gasteiger partial charge on any atom is 0.265 e. The van der Waals surface area contributed by atoms with Gasteiger partial charge in [-0.3, -0.25) is 4.31 Å². The van der Waals surface area contributed by atoms with Crippen LogP contribution in [-0.2, 0) is 14.8 Å². The topological polar surface area (TPSA) is 96.4 Å². The number of hydrogen-bond acceptors (Lipinski definition) is 5. The van der Waals surface area contributed by atoms with E-state index in [4.69, 9.17) is 22.1 Å². The van der Waals surface area contributed by atoms with Crippen molar-refractivity contribution in [1.29, 1.82) is 5.26 Å². The van der Waals surface area contributed by atoms with Gasteiger partial charge in [-0.15, -0.1) is 0 Å². The van der Waals surface area contributed by atoms with Crippen LogP contribution in [0.15, 0.2) is 64.9 Å². The van der Waals surface area contributed by atoms with Crippen molar-refractivity contribution in [3.63, 3.8) is 0 Å². The second-order valence-corrected chi connectivity index (χ2v) is 8.56. The molecule has 0 radical (unpaired) electrons. The Balaban J connectivity index is 2.11. The minimum atomic E-state index is -3.98. The standard InChI is InChI=1S/C20H16ClN3O3S/c1-2-24-16-10-6-4-8-13(16)18-19(28(24,25)26)17(14(11-22)20(23)27-18)12-7-3-5-9-15(12)21/h3-10,17H,2,23H2,1H3. The molecule has 2 aromatic rings. The monoisotopic (exact) mass is 413 g/mol. The summed E-state index contributed by atoms with van der Waals surface area (Å²) < 4.78 is 34.2. The van der Waals surface area contributed by atoms with Crippen LogP contribution >= 0.6 is 11.6 Å². The third-order valence-corrected chi connectivity index (χ3v) is 7.22. The lowest BCUT2D eigenvalue weighted by atomic mass is 9.88. The summed E-state index contributed by atoms with van der Waals surface area (Å²) in [5, 5.41) is 10.1. The number of nitriles is 1. The maximum atomic E-state index is 13.6. The number of sulfonamides is 1. The van der Waals surface area contributed by atoms with Gasteiger partial charge in [0.25, 0.3) is 10.0 Å². The predicted molar refractivity (Wildman–Crippen MR) is 107 cm³/mol. The molecule has 28 heavy (non-hydrogen) atoms. The molecule has 2 aliphatic rings. The van der Waals surface area contributed by atoms with Gasteiger partial charge < -0.3 is 10.5 Å². The lowest BCUT2D eigenvalue weighted by Crippen LogP contribution is -2.39. The van der Waals surface area contributed by atoms with E-state index in [9.17, 15) is 13.7 Å². The molecule has 0 aliphatic carbocycles. The summed E-state index contributed by atoms with van der Waals surface area (Å²) in [6.45, 7) is 1.98. The number of hydrogen-bond donors (Lipinski definition) is 1. The fourth-order valence-corrected chi connectivity index (χ4v) is 5.84. The molecule has 142 valence electrons. The van der Waals surface area contributed by atoms with Crippen LogP contribution in [0, 0.1) is 11.3 Å². The van der Waals surface area contributed by atoms with E-state index in [1.54, 1.807) is 55.5 Å². The van der Waals surface area contributed by atoms with Crippen LogP contribution in [0.3, 0.4) is 0 Å². The number of fused-ring (bicyclic) bond motifs is 2. The van der Waals surface area contributed by atoms with Gasteiger partial charge in [-0.1, -0.05) is 41.9 Å². The van der Waals surface area contributed by atoms with Crippen LogP contribution in [0.25, 0.3) is 5.76 Å². The molecule has 0 bridgehead atoms. The van der Waals surface area contributed by atoms with E-state index in [2.05, 4.69) is 0 Å². The molecular formula is C20H16ClN3O3S. The largest absolute Gasteiger partial charge is 0.439 e. The number of anilines is 1. The highest BCUT2D eigenvalue weighted by Crippen LogP contribution is 2.51. The molecule has 0 amide bonds. The van der Waals surface area contributed by atoms with Gasteiger partial charge in [0.1, 0.15) is 16.5 Å². The zero-order chi connectivity index (χ0) is 20.1. The number of nitrogens with zero attached hydrogens (tertiary/aromatic N) is 2. The Morgan fingerprint density at radius 1 is 1.21 bits per heavy atom. The molecule has 2 aromatic carbocycles. The van der Waals surface area contributed by atoms with Crippen molar-refractivity contribution in [3.05, 3.63) is 81.0 Å². The molecule has 6 nitrogen and oxygen atoms in total. The lowest BCUT2D eigenvalue weighted by Gasteiger charge is -2.37. The Bertz CT molecular complexity index is 1200. The van der Waals surface area contributed by atoms with E-state index in [0.29, 0.717) is 21.8 Å². The summed E-state index contributed by atoms with van der Waals surface area (Å²) in [6.07, 6.45) is 0. The van der Waals surface area contributed by atoms with Crippen LogP contribution in [0.1, 0.15) is 24.0 Å². The van der Waals surface area contributed by atoms with Crippen LogP contribution in [0.5, 0.6) is 0 Å². The first-order valence-electron chi connectivity index (χ1n) is 8.60. The predicted octanol–water partition coefficient (Wildman–Crippen LogP) is 3.69. The van der Waals surface area contributed by atoms with E-state index in [-0.39, 0.29) is 28.7 Å². The average molecular weight is 414 g/mol. The molecule has 0 saturated carbocycles. The Morgan fingerprint density at radius 3 is 2.57 bits per heavy atom. The molecule has 2 aliphatic heterocycles. The van der Waals surface area contributed by atoms with Crippen molar-refractivity contribution in [1.82, 2.24) is 0 Å². The fraction of sp³-hybridized carbons (Fsp3) is 0.150. The third-order valence-electron chi connectivity index (χ3n) is 4.86. The van der Waals surface area contributed by atoms with Gasteiger partial charge >= 0.3 is 0 Å². The number of allylic oxidation sites excluding steroid dienone is 2. The van der Waals surface area contributed by atoms with Gasteiger partial charge in [0.05, 0.1) is 11.6 Å². The van der Waals surface area contributed by atoms with E-state index >= 15 is 0 Å². The van der Waals surface area contributed by atoms with Crippen LogP contribution in [0.2, 0.25) is 5.02 Å². The number of para-hydroxylation sites is 1. The average Bonchev–Trinajstić information content (AvgIpc) is 2.67. The Hall–Kier alpha value is -2.95. The number of halogens is 1. The van der Waals surface area contributed by atoms with Gasteiger partial charge in [-0.2, -0.15) is 5.26 Å². The second-order valence-electron chi connectivity index (χ2n) is 6.33. The molecule has 2 heterocycles. The van der Waals surface area contributed by atoms with Crippen molar-refractivity contribution in [2.45, 2.75) is 12.8 Å². The summed E-state index contributed by atoms with van der Waals surface area (Å²) in [4.78, 5) is -0.0214. The number of nitrogens with two attached hydrogens (primary N) is 1. The minimum Gasteiger partial charge on any atom is -0.439 e. The Labute approximate surface area is 168 Å². The Morgan fingerprint density at radius 2 is 1.89 bits per heavy atom. The van der Waals surface area contributed by atoms with E-state index < -0.39 is 15.9 Å². The molecule has 1 atom stereocenters. The molecular weight excluding hydrogens is 398 g/mol. The zero-order valence-corrected chi connectivity index (χ0v) is 16.5. The SMILES string of the molecule is CCN1c2ccccc2C2=C(C(c3ccccc3Cl)C(C#N)=C(N)O2)S1(=O)=O. The summed E-state index contributed by atoms with van der Waals surface area (Å²) in [6, 6.07) is 15.9. The van der Waals surface area contributed by atoms with Crippen molar-refractivity contribution in [2.24, 2.45) is 5.73 Å². The fourth-order valence-electron chi connectivity index (χ4n) is 3.67. The lowest BCUT2D eigenvalue weighted by molar-refractivity contribution is 0.357. The molecule has 0 saturated heterocycles. The molecule has 2 N–H and O–H groups in total. The normalized spacial score (nSPS) is 20.2. The quantitative estimate of drug-likeness (QED) is 0.809. The molecule has 0 aromatic heterocycles. The van der Waals surface area contributed by atoms with Crippen molar-refractivity contribution < 1.29 is 13.2 Å². The van der Waals surface area contributed by atoms with Gasteiger partial charge in [0, 0.05) is 17.1 Å². The summed E-state index contributed by atoms with van der Waals surface area (Å²) in [7, 11) is -3.98. The number of rotatable bonds is 2. The van der Waals surface area contributed by atoms with Gasteiger partial charge in [0.15, 0.2) is 5.76 Å². The number of ether oxygens (including phenoxy) is 1. The molecule has 4 rings (SSSR count). The van der Waals surface area contributed by atoms with Crippen molar-refractivity contribution >= 4 is 33.1 Å². The molecule has 0 fully saturated rings. The van der Waals surface area contributed by atoms with Crippen molar-refractivity contribution in [3.8, 4) is 6.07 Å². The van der Waals surface area contributed by atoms with E-state index in [0.717, 1.165) is 0 Å². The minimum absolute atomic E-state index is 0.0193. The maximum absolute atomic E-state index is 13.6. The number of benzene rings is 2. The molecule has 8 heteroatoms. The molecule has 1 unspecified atom stereocenters.